The normalized spacial score (nSPS) is 20.2. The molecule has 4 N–H and O–H groups in total. The molecule has 0 radical (unpaired) electrons. The maximum atomic E-state index is 11.5. The summed E-state index contributed by atoms with van der Waals surface area (Å²) in [6.07, 6.45) is 3.54. The molecule has 0 unspecified atom stereocenters. The third-order valence-corrected chi connectivity index (χ3v) is 5.01. The smallest absolute Gasteiger partial charge is 0.407 e. The summed E-state index contributed by atoms with van der Waals surface area (Å²) in [6, 6.07) is 1.40. The minimum absolute atomic E-state index is 0.0163. The lowest BCUT2D eigenvalue weighted by molar-refractivity contribution is 0.00234. The van der Waals surface area contributed by atoms with Crippen molar-refractivity contribution in [2.75, 3.05) is 19.6 Å². The van der Waals surface area contributed by atoms with Crippen LogP contribution in [-0.4, -0.2) is 46.8 Å². The van der Waals surface area contributed by atoms with E-state index in [0.717, 1.165) is 25.9 Å². The summed E-state index contributed by atoms with van der Waals surface area (Å²) in [6.45, 7) is 2.68. The van der Waals surface area contributed by atoms with Crippen LogP contribution in [-0.2, 0) is 6.54 Å². The summed E-state index contributed by atoms with van der Waals surface area (Å²) in [5.74, 6) is 0.0357. The molecule has 0 aromatic carbocycles. The minimum Gasteiger partial charge on any atom is -0.465 e. The second-order valence-corrected chi connectivity index (χ2v) is 6.73. The number of carbonyl (C=O) groups excluding carboxylic acids is 1. The van der Waals surface area contributed by atoms with E-state index in [1.807, 2.05) is 0 Å². The fourth-order valence-corrected chi connectivity index (χ4v) is 3.87. The van der Waals surface area contributed by atoms with Gasteiger partial charge in [0.1, 0.15) is 0 Å². The molecular weight excluding hydrogens is 300 g/mol. The molecule has 3 rings (SSSR count). The quantitative estimate of drug-likeness (QED) is 0.744. The van der Waals surface area contributed by atoms with Crippen LogP contribution in [0.15, 0.2) is 10.6 Å². The first-order valence-electron chi connectivity index (χ1n) is 7.91. The van der Waals surface area contributed by atoms with E-state index in [2.05, 4.69) is 10.5 Å². The van der Waals surface area contributed by atoms with Crippen LogP contribution in [0.25, 0.3) is 0 Å². The number of hydrogen-bond acceptors (Lipinski definition) is 5. The Labute approximate surface area is 134 Å². The van der Waals surface area contributed by atoms with Gasteiger partial charge in [0.05, 0.1) is 6.54 Å². The largest absolute Gasteiger partial charge is 0.465 e. The molecule has 126 valence electrons. The Morgan fingerprint density at radius 2 is 2.13 bits per heavy atom. The molecular formula is C15H22N4O4. The lowest BCUT2D eigenvalue weighted by Crippen LogP contribution is -2.49. The zero-order valence-electron chi connectivity index (χ0n) is 13.0. The van der Waals surface area contributed by atoms with Gasteiger partial charge in [-0.05, 0) is 50.1 Å². The van der Waals surface area contributed by atoms with Crippen molar-refractivity contribution in [1.29, 1.82) is 0 Å². The van der Waals surface area contributed by atoms with Crippen LogP contribution in [0.1, 0.15) is 41.9 Å². The van der Waals surface area contributed by atoms with Gasteiger partial charge < -0.3 is 25.6 Å². The van der Waals surface area contributed by atoms with Crippen LogP contribution in [0.2, 0.25) is 0 Å². The Morgan fingerprint density at radius 1 is 1.43 bits per heavy atom. The molecule has 2 aliphatic rings. The van der Waals surface area contributed by atoms with Crippen molar-refractivity contribution in [2.24, 2.45) is 17.1 Å². The average molecular weight is 322 g/mol. The van der Waals surface area contributed by atoms with E-state index in [-0.39, 0.29) is 12.2 Å². The number of nitrogens with two attached hydrogens (primary N) is 1. The van der Waals surface area contributed by atoms with Crippen molar-refractivity contribution in [2.45, 2.75) is 32.2 Å². The van der Waals surface area contributed by atoms with Crippen molar-refractivity contribution in [3.8, 4) is 0 Å². The number of nitrogens with one attached hydrogen (secondary N) is 1. The van der Waals surface area contributed by atoms with Crippen LogP contribution in [0.5, 0.6) is 0 Å². The Kier molecular flexibility index (Phi) is 4.25. The standard InChI is InChI=1S/C15H22N4O4/c16-13(20)12-5-11(23-18-12)9-19(14(21)22)8-10-6-15(7-10)1-3-17-4-2-15/h5,10,17H,1-4,6-9H2,(H2,16,20)(H,21,22). The Balaban J connectivity index is 1.55. The molecule has 1 aromatic heterocycles. The number of primary amides is 1. The number of hydrogen-bond donors (Lipinski definition) is 3. The molecule has 1 spiro atoms. The van der Waals surface area contributed by atoms with E-state index in [4.69, 9.17) is 10.3 Å². The molecule has 23 heavy (non-hydrogen) atoms. The van der Waals surface area contributed by atoms with Crippen LogP contribution in [0.4, 0.5) is 4.79 Å². The van der Waals surface area contributed by atoms with Gasteiger partial charge in [0.15, 0.2) is 11.5 Å². The highest BCUT2D eigenvalue weighted by atomic mass is 16.5. The Bertz CT molecular complexity index is 586. The average Bonchev–Trinajstić information content (AvgIpc) is 2.94. The third-order valence-electron chi connectivity index (χ3n) is 5.01. The van der Waals surface area contributed by atoms with Gasteiger partial charge in [-0.2, -0.15) is 0 Å². The SMILES string of the molecule is NC(=O)c1cc(CN(CC2CC3(CCNCC3)C2)C(=O)O)on1. The van der Waals surface area contributed by atoms with Crippen LogP contribution >= 0.6 is 0 Å². The van der Waals surface area contributed by atoms with Gasteiger partial charge >= 0.3 is 6.09 Å². The zero-order chi connectivity index (χ0) is 16.4. The lowest BCUT2D eigenvalue weighted by Gasteiger charge is -2.51. The predicted octanol–water partition coefficient (Wildman–Crippen LogP) is 1.03. The molecule has 0 bridgehead atoms. The van der Waals surface area contributed by atoms with Crippen LogP contribution in [0.3, 0.4) is 0 Å². The highest BCUT2D eigenvalue weighted by Gasteiger charge is 2.45. The molecule has 1 saturated heterocycles. The summed E-state index contributed by atoms with van der Waals surface area (Å²) in [5.41, 5.74) is 5.55. The van der Waals surface area contributed by atoms with Crippen molar-refractivity contribution in [3.63, 3.8) is 0 Å². The maximum absolute atomic E-state index is 11.5. The first kappa shape index (κ1) is 15.8. The van der Waals surface area contributed by atoms with E-state index in [9.17, 15) is 14.7 Å². The number of rotatable bonds is 5. The molecule has 2 heterocycles. The highest BCUT2D eigenvalue weighted by Crippen LogP contribution is 2.51. The van der Waals surface area contributed by atoms with Crippen molar-refractivity contribution in [1.82, 2.24) is 15.4 Å². The van der Waals surface area contributed by atoms with Gasteiger partial charge in [-0.3, -0.25) is 4.79 Å². The topological polar surface area (TPSA) is 122 Å². The van der Waals surface area contributed by atoms with Gasteiger partial charge in [0.25, 0.3) is 5.91 Å². The maximum Gasteiger partial charge on any atom is 0.407 e. The van der Waals surface area contributed by atoms with Gasteiger partial charge in [-0.25, -0.2) is 4.79 Å². The van der Waals surface area contributed by atoms with Crippen LogP contribution < -0.4 is 11.1 Å². The predicted molar refractivity (Wildman–Crippen MR) is 80.7 cm³/mol. The molecule has 0 atom stereocenters. The van der Waals surface area contributed by atoms with Crippen molar-refractivity contribution in [3.05, 3.63) is 17.5 Å². The fraction of sp³-hybridized carbons (Fsp3) is 0.667. The molecule has 2 amide bonds. The highest BCUT2D eigenvalue weighted by molar-refractivity contribution is 5.90. The Morgan fingerprint density at radius 3 is 2.70 bits per heavy atom. The number of nitrogens with zero attached hydrogens (tertiary/aromatic N) is 2. The van der Waals surface area contributed by atoms with Gasteiger partial charge in [0.2, 0.25) is 0 Å². The number of piperidine rings is 1. The van der Waals surface area contributed by atoms with Gasteiger partial charge in [-0.15, -0.1) is 0 Å². The Hall–Kier alpha value is -2.09. The molecule has 8 heteroatoms. The van der Waals surface area contributed by atoms with E-state index >= 15 is 0 Å². The number of carboxylic acid groups (broad SMARTS) is 1. The van der Waals surface area contributed by atoms with E-state index in [1.54, 1.807) is 0 Å². The number of amides is 2. The monoisotopic (exact) mass is 322 g/mol. The zero-order valence-corrected chi connectivity index (χ0v) is 13.0. The molecule has 1 aliphatic carbocycles. The van der Waals surface area contributed by atoms with Gasteiger partial charge in [0, 0.05) is 12.6 Å². The first-order chi connectivity index (χ1) is 11.0. The summed E-state index contributed by atoms with van der Waals surface area (Å²) in [7, 11) is 0. The van der Waals surface area contributed by atoms with E-state index < -0.39 is 12.0 Å². The third kappa shape index (κ3) is 3.47. The molecule has 2 fully saturated rings. The van der Waals surface area contributed by atoms with Gasteiger partial charge in [-0.1, -0.05) is 5.16 Å². The molecule has 8 nitrogen and oxygen atoms in total. The minimum atomic E-state index is -0.992. The lowest BCUT2D eigenvalue weighted by atomic mass is 9.57. The van der Waals surface area contributed by atoms with Crippen molar-refractivity contribution < 1.29 is 19.2 Å². The van der Waals surface area contributed by atoms with Crippen molar-refractivity contribution >= 4 is 12.0 Å². The second kappa shape index (κ2) is 6.19. The molecule has 1 aromatic rings. The van der Waals surface area contributed by atoms with E-state index in [0.29, 0.717) is 23.6 Å². The van der Waals surface area contributed by atoms with Crippen LogP contribution in [0, 0.1) is 11.3 Å². The second-order valence-electron chi connectivity index (χ2n) is 6.73. The summed E-state index contributed by atoms with van der Waals surface area (Å²) < 4.78 is 4.99. The fourth-order valence-electron chi connectivity index (χ4n) is 3.87. The summed E-state index contributed by atoms with van der Waals surface area (Å²) in [4.78, 5) is 23.8. The number of aromatic nitrogens is 1. The molecule has 1 saturated carbocycles. The summed E-state index contributed by atoms with van der Waals surface area (Å²) in [5, 5.41) is 16.3. The summed E-state index contributed by atoms with van der Waals surface area (Å²) >= 11 is 0. The number of carbonyl (C=O) groups is 2. The first-order valence-corrected chi connectivity index (χ1v) is 7.91. The molecule has 1 aliphatic heterocycles. The van der Waals surface area contributed by atoms with E-state index in [1.165, 1.54) is 23.8 Å².